The number of aryl methyl sites for hydroxylation is 2. The van der Waals surface area contributed by atoms with Crippen LogP contribution in [0, 0.1) is 13.8 Å². The number of methoxy groups -OCH3 is 2. The molecule has 0 atom stereocenters. The number of rotatable bonds is 6. The Balaban J connectivity index is 1.95. The summed E-state index contributed by atoms with van der Waals surface area (Å²) >= 11 is 0. The second kappa shape index (κ2) is 7.54. The molecule has 0 bridgehead atoms. The van der Waals surface area contributed by atoms with Crippen molar-refractivity contribution in [2.24, 2.45) is 0 Å². The van der Waals surface area contributed by atoms with E-state index in [-0.39, 0.29) is 12.5 Å². The zero-order valence-electron chi connectivity index (χ0n) is 13.9. The Morgan fingerprint density at radius 3 is 2.26 bits per heavy atom. The van der Waals surface area contributed by atoms with Crippen molar-refractivity contribution < 1.29 is 14.3 Å². The van der Waals surface area contributed by atoms with Gasteiger partial charge in [0.05, 0.1) is 20.8 Å². The number of amides is 1. The van der Waals surface area contributed by atoms with Crippen LogP contribution in [-0.2, 0) is 4.79 Å². The van der Waals surface area contributed by atoms with E-state index in [1.54, 1.807) is 32.4 Å². The maximum atomic E-state index is 12.0. The second-order valence-corrected chi connectivity index (χ2v) is 5.27. The Hall–Kier alpha value is -2.69. The summed E-state index contributed by atoms with van der Waals surface area (Å²) in [6.45, 7) is 4.30. The van der Waals surface area contributed by atoms with Crippen molar-refractivity contribution >= 4 is 17.3 Å². The minimum Gasteiger partial charge on any atom is -0.493 e. The monoisotopic (exact) mass is 314 g/mol. The lowest BCUT2D eigenvalue weighted by Gasteiger charge is -2.12. The maximum Gasteiger partial charge on any atom is 0.243 e. The van der Waals surface area contributed by atoms with Gasteiger partial charge < -0.3 is 20.1 Å². The molecule has 0 aliphatic heterocycles. The minimum atomic E-state index is -0.129. The number of anilines is 2. The number of ether oxygens (including phenoxy) is 2. The Labute approximate surface area is 136 Å². The van der Waals surface area contributed by atoms with Crippen molar-refractivity contribution in [2.45, 2.75) is 13.8 Å². The van der Waals surface area contributed by atoms with E-state index < -0.39 is 0 Å². The lowest BCUT2D eigenvalue weighted by molar-refractivity contribution is -0.114. The average Bonchev–Trinajstić information content (AvgIpc) is 2.55. The topological polar surface area (TPSA) is 59.6 Å². The average molecular weight is 314 g/mol. The largest absolute Gasteiger partial charge is 0.493 e. The van der Waals surface area contributed by atoms with E-state index in [2.05, 4.69) is 17.6 Å². The van der Waals surface area contributed by atoms with Gasteiger partial charge in [0, 0.05) is 17.4 Å². The third-order valence-corrected chi connectivity index (χ3v) is 3.63. The first-order valence-electron chi connectivity index (χ1n) is 7.36. The van der Waals surface area contributed by atoms with E-state index in [1.807, 2.05) is 25.1 Å². The first kappa shape index (κ1) is 16.7. The van der Waals surface area contributed by atoms with Crippen LogP contribution in [0.3, 0.4) is 0 Å². The molecule has 0 heterocycles. The molecule has 0 radical (unpaired) electrons. The number of hydrogen-bond acceptors (Lipinski definition) is 4. The van der Waals surface area contributed by atoms with E-state index >= 15 is 0 Å². The van der Waals surface area contributed by atoms with Crippen molar-refractivity contribution in [1.29, 1.82) is 0 Å². The summed E-state index contributed by atoms with van der Waals surface area (Å²) in [6.07, 6.45) is 0. The molecule has 0 unspecified atom stereocenters. The molecule has 2 N–H and O–H groups in total. The highest BCUT2D eigenvalue weighted by atomic mass is 16.5. The summed E-state index contributed by atoms with van der Waals surface area (Å²) in [7, 11) is 3.13. The SMILES string of the molecule is COc1ccc(NC(=O)CNc2ccc(C)c(C)c2)cc1OC. The van der Waals surface area contributed by atoms with Gasteiger partial charge in [-0.15, -0.1) is 0 Å². The molecule has 0 aliphatic carbocycles. The van der Waals surface area contributed by atoms with Gasteiger partial charge >= 0.3 is 0 Å². The Morgan fingerprint density at radius 2 is 1.61 bits per heavy atom. The standard InChI is InChI=1S/C18H22N2O3/c1-12-5-6-14(9-13(12)2)19-11-18(21)20-15-7-8-16(22-3)17(10-15)23-4/h5-10,19H,11H2,1-4H3,(H,20,21). The molecule has 0 aliphatic rings. The summed E-state index contributed by atoms with van der Waals surface area (Å²) in [6, 6.07) is 11.3. The smallest absolute Gasteiger partial charge is 0.243 e. The molecule has 5 heteroatoms. The van der Waals surface area contributed by atoms with Gasteiger partial charge in [-0.1, -0.05) is 6.07 Å². The van der Waals surface area contributed by atoms with Crippen LogP contribution in [0.1, 0.15) is 11.1 Å². The number of hydrogen-bond donors (Lipinski definition) is 2. The summed E-state index contributed by atoms with van der Waals surface area (Å²) in [5, 5.41) is 5.94. The lowest BCUT2D eigenvalue weighted by atomic mass is 10.1. The molecule has 0 saturated heterocycles. The molecule has 0 spiro atoms. The van der Waals surface area contributed by atoms with Gasteiger partial charge in [-0.3, -0.25) is 4.79 Å². The fourth-order valence-electron chi connectivity index (χ4n) is 2.15. The molecule has 0 fully saturated rings. The van der Waals surface area contributed by atoms with E-state index in [4.69, 9.17) is 9.47 Å². The van der Waals surface area contributed by atoms with Crippen LogP contribution in [0.4, 0.5) is 11.4 Å². The molecule has 0 saturated carbocycles. The molecular weight excluding hydrogens is 292 g/mol. The Kier molecular flexibility index (Phi) is 5.46. The van der Waals surface area contributed by atoms with Crippen LogP contribution < -0.4 is 20.1 Å². The van der Waals surface area contributed by atoms with E-state index in [0.29, 0.717) is 17.2 Å². The van der Waals surface area contributed by atoms with Crippen molar-refractivity contribution in [3.05, 3.63) is 47.5 Å². The van der Waals surface area contributed by atoms with Crippen LogP contribution in [-0.4, -0.2) is 26.7 Å². The zero-order chi connectivity index (χ0) is 16.8. The van der Waals surface area contributed by atoms with Gasteiger partial charge in [-0.05, 0) is 49.2 Å². The van der Waals surface area contributed by atoms with E-state index in [1.165, 1.54) is 11.1 Å². The number of carbonyl (C=O) groups is 1. The summed E-state index contributed by atoms with van der Waals surface area (Å²) in [5.74, 6) is 1.07. The third-order valence-electron chi connectivity index (χ3n) is 3.63. The number of carbonyl (C=O) groups excluding carboxylic acids is 1. The van der Waals surface area contributed by atoms with Crippen molar-refractivity contribution in [1.82, 2.24) is 0 Å². The van der Waals surface area contributed by atoms with Gasteiger partial charge in [-0.2, -0.15) is 0 Å². The minimum absolute atomic E-state index is 0.129. The first-order chi connectivity index (χ1) is 11.0. The molecular formula is C18H22N2O3. The van der Waals surface area contributed by atoms with Gasteiger partial charge in [0.1, 0.15) is 0 Å². The van der Waals surface area contributed by atoms with Gasteiger partial charge in [0.25, 0.3) is 0 Å². The van der Waals surface area contributed by atoms with Gasteiger partial charge in [0.15, 0.2) is 11.5 Å². The number of nitrogens with one attached hydrogen (secondary N) is 2. The summed E-state index contributed by atoms with van der Waals surface area (Å²) in [4.78, 5) is 12.0. The number of benzene rings is 2. The molecule has 23 heavy (non-hydrogen) atoms. The highest BCUT2D eigenvalue weighted by Crippen LogP contribution is 2.29. The van der Waals surface area contributed by atoms with Gasteiger partial charge in [-0.25, -0.2) is 0 Å². The molecule has 0 aromatic heterocycles. The first-order valence-corrected chi connectivity index (χ1v) is 7.36. The van der Waals surface area contributed by atoms with Crippen molar-refractivity contribution in [3.63, 3.8) is 0 Å². The second-order valence-electron chi connectivity index (χ2n) is 5.27. The summed E-state index contributed by atoms with van der Waals surface area (Å²) in [5.41, 5.74) is 4.01. The Bertz CT molecular complexity index is 699. The predicted molar refractivity (Wildman–Crippen MR) is 92.6 cm³/mol. The van der Waals surface area contributed by atoms with Crippen LogP contribution in [0.5, 0.6) is 11.5 Å². The van der Waals surface area contributed by atoms with Crippen molar-refractivity contribution in [3.8, 4) is 11.5 Å². The van der Waals surface area contributed by atoms with Crippen LogP contribution in [0.2, 0.25) is 0 Å². The van der Waals surface area contributed by atoms with E-state index in [0.717, 1.165) is 5.69 Å². The van der Waals surface area contributed by atoms with Crippen LogP contribution >= 0.6 is 0 Å². The van der Waals surface area contributed by atoms with Gasteiger partial charge in [0.2, 0.25) is 5.91 Å². The fraction of sp³-hybridized carbons (Fsp3) is 0.278. The normalized spacial score (nSPS) is 10.1. The fourth-order valence-corrected chi connectivity index (χ4v) is 2.15. The molecule has 5 nitrogen and oxygen atoms in total. The van der Waals surface area contributed by atoms with Crippen LogP contribution in [0.25, 0.3) is 0 Å². The lowest BCUT2D eigenvalue weighted by Crippen LogP contribution is -2.21. The molecule has 2 aromatic carbocycles. The third kappa shape index (κ3) is 4.39. The van der Waals surface area contributed by atoms with E-state index in [9.17, 15) is 4.79 Å². The van der Waals surface area contributed by atoms with Crippen molar-refractivity contribution in [2.75, 3.05) is 31.4 Å². The predicted octanol–water partition coefficient (Wildman–Crippen LogP) is 3.37. The maximum absolute atomic E-state index is 12.0. The zero-order valence-corrected chi connectivity index (χ0v) is 13.9. The molecule has 1 amide bonds. The summed E-state index contributed by atoms with van der Waals surface area (Å²) < 4.78 is 10.4. The highest BCUT2D eigenvalue weighted by Gasteiger charge is 2.07. The quantitative estimate of drug-likeness (QED) is 0.858. The van der Waals surface area contributed by atoms with Crippen LogP contribution in [0.15, 0.2) is 36.4 Å². The highest BCUT2D eigenvalue weighted by molar-refractivity contribution is 5.94. The molecule has 2 aromatic rings. The molecule has 2 rings (SSSR count). The Morgan fingerprint density at radius 1 is 0.913 bits per heavy atom. The molecule has 122 valence electrons.